The van der Waals surface area contributed by atoms with Gasteiger partial charge in [-0.05, 0) is 11.2 Å². The summed E-state index contributed by atoms with van der Waals surface area (Å²) in [6.07, 6.45) is 0. The normalized spacial score (nSPS) is 3.43. The van der Waals surface area contributed by atoms with E-state index in [1.54, 1.807) is 0 Å². The Balaban J connectivity index is -0.0000000400. The summed E-state index contributed by atoms with van der Waals surface area (Å²) in [5, 5.41) is 0. The van der Waals surface area contributed by atoms with Gasteiger partial charge < -0.3 is 34.8 Å². The first kappa shape index (κ1) is 15.8. The van der Waals surface area contributed by atoms with Crippen LogP contribution in [0.5, 0.6) is 0 Å². The van der Waals surface area contributed by atoms with Gasteiger partial charge in [-0.3, -0.25) is 0 Å². The Hall–Kier alpha value is 1.35. The van der Waals surface area contributed by atoms with Crippen LogP contribution in [-0.4, -0.2) is 60.1 Å². The van der Waals surface area contributed by atoms with E-state index in [4.69, 9.17) is 9.59 Å². The quantitative estimate of drug-likeness (QED) is 0.320. The smallest absolute Gasteiger partial charge is 0.746 e. The Kier molecular flexibility index (Phi) is 59.4. The molecule has 0 aromatic carbocycles. The number of rotatable bonds is 0. The van der Waals surface area contributed by atoms with Crippen LogP contribution in [0, 0.1) is 0 Å². The summed E-state index contributed by atoms with van der Waals surface area (Å²) in [5.41, 5.74) is 0.667. The maximum absolute atomic E-state index is 8.62. The van der Waals surface area contributed by atoms with Gasteiger partial charge in [0, 0.05) is 0 Å². The van der Waals surface area contributed by atoms with E-state index >= 15 is 0 Å². The van der Waals surface area contributed by atoms with Crippen molar-refractivity contribution in [2.75, 3.05) is 0 Å². The monoisotopic (exact) mass is 260 g/mol. The van der Waals surface area contributed by atoms with Crippen molar-refractivity contribution in [1.29, 1.82) is 0 Å². The van der Waals surface area contributed by atoms with Crippen molar-refractivity contribution in [1.82, 2.24) is 0 Å². The summed E-state index contributed by atoms with van der Waals surface area (Å²) >= 11 is 7.43. The van der Waals surface area contributed by atoms with Gasteiger partial charge in [0.05, 0.1) is 0 Å². The third-order valence-electron chi connectivity index (χ3n) is 0. The van der Waals surface area contributed by atoms with Gasteiger partial charge >= 0.3 is 48.9 Å². The molecule has 0 saturated carbocycles. The molecule has 0 unspecified atom stereocenters. The predicted octanol–water partition coefficient (Wildman–Crippen LogP) is -0.934. The minimum atomic E-state index is 0. The molecule has 0 aromatic heterocycles. The third-order valence-corrected chi connectivity index (χ3v) is 0. The van der Waals surface area contributed by atoms with Crippen molar-refractivity contribution >= 4 is 85.4 Å². The average Bonchev–Trinajstić information content (AvgIpc) is 1.39. The van der Waals surface area contributed by atoms with Crippen molar-refractivity contribution in [3.63, 3.8) is 0 Å². The molecule has 0 saturated heterocycles. The van der Waals surface area contributed by atoms with Crippen LogP contribution in [0.1, 0.15) is 0 Å². The van der Waals surface area contributed by atoms with E-state index in [9.17, 15) is 0 Å². The molecule has 0 bridgehead atoms. The van der Waals surface area contributed by atoms with E-state index in [0.29, 0.717) is 11.2 Å². The van der Waals surface area contributed by atoms with E-state index in [1.807, 2.05) is 0 Å². The van der Waals surface area contributed by atoms with Gasteiger partial charge in [0.15, 0.2) is 0 Å². The molecule has 36 valence electrons. The molecule has 0 N–H and O–H groups in total. The molecule has 0 aromatic rings. The summed E-state index contributed by atoms with van der Waals surface area (Å²) < 4.78 is 0. The van der Waals surface area contributed by atoms with Gasteiger partial charge in [-0.15, -0.1) is 0 Å². The fourth-order valence-corrected chi connectivity index (χ4v) is 0. The number of carbonyl (C=O) groups excluding carboxylic acids is 2. The Labute approximate surface area is 93.3 Å². The van der Waals surface area contributed by atoms with E-state index < -0.39 is 0 Å². The van der Waals surface area contributed by atoms with Gasteiger partial charge in [-0.2, -0.15) is 0 Å². The summed E-state index contributed by atoms with van der Waals surface area (Å²) in [5.74, 6) is 0. The molecule has 2 nitrogen and oxygen atoms in total. The van der Waals surface area contributed by atoms with Gasteiger partial charge in [0.1, 0.15) is 0 Å². The van der Waals surface area contributed by atoms with E-state index in [0.717, 1.165) is 0 Å². The van der Waals surface area contributed by atoms with Crippen LogP contribution in [0.4, 0.5) is 0 Å². The second-order valence-corrected chi connectivity index (χ2v) is 0.577. The van der Waals surface area contributed by atoms with Crippen LogP contribution in [0.2, 0.25) is 0 Å². The first-order valence-corrected chi connectivity index (χ1v) is 1.89. The molecule has 0 fully saturated rings. The molecule has 0 radical (unpaired) electrons. The Bertz CT molecular complexity index is 34.7. The summed E-state index contributed by atoms with van der Waals surface area (Å²) in [7, 11) is 0. The van der Waals surface area contributed by atoms with Crippen LogP contribution in [0.15, 0.2) is 0 Å². The molecule has 0 atom stereocenters. The zero-order valence-electron chi connectivity index (χ0n) is 3.49. The predicted molar refractivity (Wildman–Crippen MR) is 34.0 cm³/mol. The molecule has 0 aliphatic heterocycles. The molecule has 0 spiro atoms. The molecule has 0 aliphatic rings. The SMILES string of the molecule is O=C[S-].O=C[S-].[Ba+2]. The van der Waals surface area contributed by atoms with Gasteiger partial charge in [0.2, 0.25) is 0 Å². The van der Waals surface area contributed by atoms with Crippen LogP contribution in [-0.2, 0) is 34.8 Å². The van der Waals surface area contributed by atoms with Crippen LogP contribution in [0.25, 0.3) is 0 Å². The first-order chi connectivity index (χ1) is 2.83. The minimum Gasteiger partial charge on any atom is -0.746 e. The Morgan fingerprint density at radius 3 is 1.00 bits per heavy atom. The average molecular weight is 259 g/mol. The van der Waals surface area contributed by atoms with Gasteiger partial charge in [0.25, 0.3) is 0 Å². The minimum absolute atomic E-state index is 0. The maximum atomic E-state index is 8.62. The van der Waals surface area contributed by atoms with Crippen molar-refractivity contribution in [2.45, 2.75) is 0 Å². The zero-order chi connectivity index (χ0) is 5.41. The maximum Gasteiger partial charge on any atom is 2.00 e. The molecule has 5 heteroatoms. The van der Waals surface area contributed by atoms with Gasteiger partial charge in [-0.1, -0.05) is 0 Å². The van der Waals surface area contributed by atoms with Crippen molar-refractivity contribution in [3.8, 4) is 0 Å². The number of carbonyl (C=O) groups is 2. The van der Waals surface area contributed by atoms with Crippen molar-refractivity contribution < 1.29 is 9.59 Å². The standard InChI is InChI=1S/2CH2OS.Ba/c2*2-1-3;/h2*1H,(H,2,3);/q;;+2/p-2. The number of hydrogen-bond acceptors (Lipinski definition) is 4. The van der Waals surface area contributed by atoms with Gasteiger partial charge in [-0.25, -0.2) is 0 Å². The van der Waals surface area contributed by atoms with Crippen molar-refractivity contribution in [3.05, 3.63) is 0 Å². The Morgan fingerprint density at radius 2 is 1.00 bits per heavy atom. The zero-order valence-corrected chi connectivity index (χ0v) is 9.57. The number of hydrogen-bond donors (Lipinski definition) is 0. The largest absolute Gasteiger partial charge is 2.00 e. The molecular weight excluding hydrogens is 257 g/mol. The fourth-order valence-electron chi connectivity index (χ4n) is 0. The van der Waals surface area contributed by atoms with E-state index in [1.165, 1.54) is 0 Å². The fraction of sp³-hybridized carbons (Fsp3) is 0. The van der Waals surface area contributed by atoms with Crippen molar-refractivity contribution in [2.24, 2.45) is 0 Å². The Morgan fingerprint density at radius 1 is 1.00 bits per heavy atom. The van der Waals surface area contributed by atoms with E-state index in [-0.39, 0.29) is 48.9 Å². The third kappa shape index (κ3) is 115. The molecule has 0 aliphatic carbocycles. The molecule has 0 heterocycles. The van der Waals surface area contributed by atoms with Crippen LogP contribution >= 0.6 is 0 Å². The first-order valence-electron chi connectivity index (χ1n) is 0.943. The molecule has 0 rings (SSSR count). The van der Waals surface area contributed by atoms with E-state index in [2.05, 4.69) is 25.3 Å². The summed E-state index contributed by atoms with van der Waals surface area (Å²) in [6, 6.07) is 0. The van der Waals surface area contributed by atoms with Crippen LogP contribution in [0.3, 0.4) is 0 Å². The molecular formula is C2H2BaO2S2. The second-order valence-electron chi connectivity index (χ2n) is 0.192. The molecule has 7 heavy (non-hydrogen) atoms. The topological polar surface area (TPSA) is 34.1 Å². The second kappa shape index (κ2) is 26.4. The van der Waals surface area contributed by atoms with Crippen LogP contribution < -0.4 is 0 Å². The summed E-state index contributed by atoms with van der Waals surface area (Å²) in [6.45, 7) is 0. The summed E-state index contributed by atoms with van der Waals surface area (Å²) in [4.78, 5) is 17.2. The molecule has 0 amide bonds.